The van der Waals surface area contributed by atoms with Crippen molar-refractivity contribution in [3.8, 4) is 11.5 Å². The summed E-state index contributed by atoms with van der Waals surface area (Å²) in [6.07, 6.45) is 7.69. The minimum atomic E-state index is -0.0137. The van der Waals surface area contributed by atoms with Crippen LogP contribution in [0.25, 0.3) is 0 Å². The Bertz CT molecular complexity index is 1320. The van der Waals surface area contributed by atoms with E-state index in [4.69, 9.17) is 20.6 Å². The van der Waals surface area contributed by atoms with Crippen molar-refractivity contribution in [2.24, 2.45) is 0 Å². The van der Waals surface area contributed by atoms with Crippen molar-refractivity contribution in [2.45, 2.75) is 31.3 Å². The Balaban J connectivity index is 1.18. The smallest absolute Gasteiger partial charge is 0.246 e. The Morgan fingerprint density at radius 2 is 1.80 bits per heavy atom. The van der Waals surface area contributed by atoms with Crippen molar-refractivity contribution in [1.29, 1.82) is 5.41 Å². The average molecular weight is 542 g/mol. The van der Waals surface area contributed by atoms with E-state index in [0.29, 0.717) is 48.4 Å². The first-order valence-corrected chi connectivity index (χ1v) is 13.6. The molecule has 1 unspecified atom stereocenters. The molecule has 0 aliphatic carbocycles. The fourth-order valence-electron chi connectivity index (χ4n) is 4.89. The first kappa shape index (κ1) is 27.3. The van der Waals surface area contributed by atoms with E-state index in [1.54, 1.807) is 6.08 Å². The maximum Gasteiger partial charge on any atom is 0.246 e. The molecule has 2 fully saturated rings. The van der Waals surface area contributed by atoms with Crippen LogP contribution in [-0.4, -0.2) is 71.4 Å². The van der Waals surface area contributed by atoms with E-state index in [1.807, 2.05) is 65.6 Å². The van der Waals surface area contributed by atoms with Crippen molar-refractivity contribution < 1.29 is 14.3 Å². The molecule has 208 valence electrons. The number of rotatable bonds is 10. The summed E-state index contributed by atoms with van der Waals surface area (Å²) in [5, 5.41) is 15.7. The molecular weight excluding hydrogens is 506 g/mol. The van der Waals surface area contributed by atoms with Crippen molar-refractivity contribution >= 4 is 23.3 Å². The largest absolute Gasteiger partial charge is 0.457 e. The third kappa shape index (κ3) is 7.02. The molecular formula is C30H35N7O3. The molecule has 0 spiro atoms. The van der Waals surface area contributed by atoms with Crippen LogP contribution in [0, 0.1) is 5.41 Å². The number of benzene rings is 2. The number of likely N-dealkylation sites (tertiary alicyclic amines) is 1. The predicted octanol–water partition coefficient (Wildman–Crippen LogP) is 3.60. The second-order valence-electron chi connectivity index (χ2n) is 9.91. The highest BCUT2D eigenvalue weighted by atomic mass is 16.5. The molecule has 2 aliphatic heterocycles. The van der Waals surface area contributed by atoms with Gasteiger partial charge in [-0.25, -0.2) is 9.97 Å². The Morgan fingerprint density at radius 3 is 2.58 bits per heavy atom. The number of nitrogens with one attached hydrogen (secondary N) is 3. The van der Waals surface area contributed by atoms with E-state index in [-0.39, 0.29) is 23.5 Å². The van der Waals surface area contributed by atoms with Crippen LogP contribution in [-0.2, 0) is 9.53 Å². The molecule has 2 saturated heterocycles. The van der Waals surface area contributed by atoms with E-state index in [9.17, 15) is 4.79 Å². The molecule has 10 nitrogen and oxygen atoms in total. The summed E-state index contributed by atoms with van der Waals surface area (Å²) in [6, 6.07) is 17.2. The van der Waals surface area contributed by atoms with Gasteiger partial charge in [-0.15, -0.1) is 0 Å². The van der Waals surface area contributed by atoms with Gasteiger partial charge in [-0.05, 0) is 55.7 Å². The van der Waals surface area contributed by atoms with Crippen molar-refractivity contribution in [3.05, 3.63) is 84.2 Å². The van der Waals surface area contributed by atoms with Gasteiger partial charge in [0.05, 0.1) is 11.3 Å². The Hall–Kier alpha value is -4.28. The van der Waals surface area contributed by atoms with Gasteiger partial charge in [-0.2, -0.15) is 0 Å². The van der Waals surface area contributed by atoms with Crippen LogP contribution < -0.4 is 21.1 Å². The number of hydrogen-bond acceptors (Lipinski definition) is 9. The molecule has 10 heteroatoms. The maximum absolute atomic E-state index is 12.7. The molecule has 0 saturated carbocycles. The number of anilines is 2. The lowest BCUT2D eigenvalue weighted by Crippen LogP contribution is -2.35. The number of ether oxygens (including phenoxy) is 2. The number of nitrogens with two attached hydrogens (primary N) is 1. The van der Waals surface area contributed by atoms with Crippen LogP contribution in [0.1, 0.15) is 30.4 Å². The van der Waals surface area contributed by atoms with Crippen LogP contribution in [0.4, 0.5) is 11.6 Å². The average Bonchev–Trinajstić information content (AvgIpc) is 3.45. The Labute approximate surface area is 234 Å². The third-order valence-corrected chi connectivity index (χ3v) is 7.10. The topological polar surface area (TPSA) is 138 Å². The maximum atomic E-state index is 12.7. The van der Waals surface area contributed by atoms with Crippen LogP contribution in [0.3, 0.4) is 0 Å². The van der Waals surface area contributed by atoms with E-state index < -0.39 is 0 Å². The normalized spacial score (nSPS) is 17.7. The number of carbonyl (C=O) groups excluding carboxylic acids is 1. The monoisotopic (exact) mass is 541 g/mol. The lowest BCUT2D eigenvalue weighted by atomic mass is 10.0. The molecule has 40 heavy (non-hydrogen) atoms. The quantitative estimate of drug-likeness (QED) is 0.226. The fraction of sp³-hybridized carbons (Fsp3) is 0.333. The van der Waals surface area contributed by atoms with Gasteiger partial charge in [0.25, 0.3) is 0 Å². The second kappa shape index (κ2) is 13.2. The highest BCUT2D eigenvalue weighted by molar-refractivity contribution is 6.16. The molecule has 3 heterocycles. The first-order chi connectivity index (χ1) is 19.6. The number of hydrogen-bond donors (Lipinski definition) is 4. The summed E-state index contributed by atoms with van der Waals surface area (Å²) < 4.78 is 11.2. The van der Waals surface area contributed by atoms with Gasteiger partial charge < -0.3 is 30.7 Å². The van der Waals surface area contributed by atoms with E-state index in [1.165, 1.54) is 6.33 Å². The van der Waals surface area contributed by atoms with Crippen LogP contribution in [0.5, 0.6) is 11.5 Å². The summed E-state index contributed by atoms with van der Waals surface area (Å²) in [6.45, 7) is 3.43. The van der Waals surface area contributed by atoms with Gasteiger partial charge in [0.1, 0.15) is 29.5 Å². The molecule has 1 atom stereocenters. The third-order valence-electron chi connectivity index (χ3n) is 7.10. The molecule has 1 aromatic heterocycles. The summed E-state index contributed by atoms with van der Waals surface area (Å²) in [4.78, 5) is 23.1. The van der Waals surface area contributed by atoms with E-state index >= 15 is 0 Å². The van der Waals surface area contributed by atoms with Gasteiger partial charge in [0.15, 0.2) is 0 Å². The van der Waals surface area contributed by atoms with Crippen LogP contribution in [0.15, 0.2) is 73.1 Å². The van der Waals surface area contributed by atoms with Gasteiger partial charge in [-0.1, -0.05) is 24.3 Å². The van der Waals surface area contributed by atoms with E-state index in [2.05, 4.69) is 20.6 Å². The van der Waals surface area contributed by atoms with Gasteiger partial charge in [0, 0.05) is 56.6 Å². The number of amides is 1. The predicted molar refractivity (Wildman–Crippen MR) is 155 cm³/mol. The lowest BCUT2D eigenvalue weighted by Gasteiger charge is -2.22. The van der Waals surface area contributed by atoms with Crippen molar-refractivity contribution in [1.82, 2.24) is 20.2 Å². The minimum Gasteiger partial charge on any atom is -0.457 e. The zero-order valence-electron chi connectivity index (χ0n) is 22.4. The van der Waals surface area contributed by atoms with Gasteiger partial charge in [0.2, 0.25) is 5.91 Å². The number of carbonyl (C=O) groups is 1. The highest BCUT2D eigenvalue weighted by Crippen LogP contribution is 2.26. The van der Waals surface area contributed by atoms with Crippen molar-refractivity contribution in [3.63, 3.8) is 0 Å². The molecule has 5 rings (SSSR count). The molecule has 2 aliphatic rings. The molecule has 3 aromatic rings. The van der Waals surface area contributed by atoms with Crippen molar-refractivity contribution in [2.75, 3.05) is 43.9 Å². The van der Waals surface area contributed by atoms with Crippen LogP contribution >= 0.6 is 0 Å². The minimum absolute atomic E-state index is 0.00828. The molecule has 1 amide bonds. The van der Waals surface area contributed by atoms with E-state index in [0.717, 1.165) is 38.2 Å². The standard InChI is InChI=1S/C30H35N7O3/c31-28(21-8-10-25(11-9-21)40-24-5-2-1-3-6-24)27-29(32)34-20-35-30(27)36-23-12-16-37(19-23)26(38)7-4-15-33-22-13-17-39-18-14-22/h1-11,20,22-23,31,33H,12-19H2,(H3,32,34,35,36)/b7-4+,31-28?. The molecule has 0 radical (unpaired) electrons. The first-order valence-electron chi connectivity index (χ1n) is 13.6. The fourth-order valence-corrected chi connectivity index (χ4v) is 4.89. The van der Waals surface area contributed by atoms with Gasteiger partial charge >= 0.3 is 0 Å². The lowest BCUT2D eigenvalue weighted by molar-refractivity contribution is -0.125. The molecule has 0 bridgehead atoms. The SMILES string of the molecule is N=C(c1ccc(Oc2ccccc2)cc1)c1c(N)ncnc1NC1CCN(C(=O)/C=C/CNC2CCOCC2)C1. The number of nitrogens with zero attached hydrogens (tertiary/aromatic N) is 3. The zero-order valence-corrected chi connectivity index (χ0v) is 22.4. The Morgan fingerprint density at radius 1 is 1.05 bits per heavy atom. The number of para-hydroxylation sites is 1. The summed E-state index contributed by atoms with van der Waals surface area (Å²) in [7, 11) is 0. The summed E-state index contributed by atoms with van der Waals surface area (Å²) >= 11 is 0. The number of aromatic nitrogens is 2. The number of nitrogen functional groups attached to an aromatic ring is 1. The van der Waals surface area contributed by atoms with Crippen LogP contribution in [0.2, 0.25) is 0 Å². The Kier molecular flexibility index (Phi) is 9.00. The summed E-state index contributed by atoms with van der Waals surface area (Å²) in [5.41, 5.74) is 7.52. The highest BCUT2D eigenvalue weighted by Gasteiger charge is 2.27. The molecule has 2 aromatic carbocycles. The zero-order chi connectivity index (χ0) is 27.7. The summed E-state index contributed by atoms with van der Waals surface area (Å²) in [5.74, 6) is 2.10. The molecule has 5 N–H and O–H groups in total. The second-order valence-corrected chi connectivity index (χ2v) is 9.91. The van der Waals surface area contributed by atoms with Gasteiger partial charge in [-0.3, -0.25) is 10.2 Å².